The second-order valence-electron chi connectivity index (χ2n) is 6.15. The molecule has 0 fully saturated rings. The maximum atomic E-state index is 12.2. The van der Waals surface area contributed by atoms with Gasteiger partial charge in [0.2, 0.25) is 10.0 Å². The monoisotopic (exact) mass is 376 g/mol. The van der Waals surface area contributed by atoms with Crippen molar-refractivity contribution in [1.82, 2.24) is 4.31 Å². The van der Waals surface area contributed by atoms with Gasteiger partial charge in [0.15, 0.2) is 0 Å². The number of rotatable bonds is 8. The van der Waals surface area contributed by atoms with Crippen LogP contribution in [0.4, 0.5) is 0 Å². The molecule has 2 aromatic carbocycles. The van der Waals surface area contributed by atoms with Gasteiger partial charge in [-0.1, -0.05) is 29.4 Å². The Balaban J connectivity index is 2.04. The van der Waals surface area contributed by atoms with Crippen molar-refractivity contribution in [3.05, 3.63) is 59.7 Å². The second-order valence-corrected chi connectivity index (χ2v) is 8.30. The number of benzene rings is 2. The molecule has 0 amide bonds. The zero-order chi connectivity index (χ0) is 19.2. The van der Waals surface area contributed by atoms with Crippen LogP contribution in [0.5, 0.6) is 5.75 Å². The lowest BCUT2D eigenvalue weighted by atomic mass is 10.2. The molecule has 0 spiro atoms. The molecule has 140 valence electrons. The topological polar surface area (TPSA) is 68.2 Å². The lowest BCUT2D eigenvalue weighted by Crippen LogP contribution is -2.22. The summed E-state index contributed by atoms with van der Waals surface area (Å²) in [5.41, 5.74) is 1.53. The summed E-state index contributed by atoms with van der Waals surface area (Å²) < 4.78 is 31.2. The Kier molecular flexibility index (Phi) is 6.76. The summed E-state index contributed by atoms with van der Waals surface area (Å²) in [6.45, 7) is 4.08. The first-order valence-electron chi connectivity index (χ1n) is 8.23. The van der Waals surface area contributed by atoms with Gasteiger partial charge in [-0.15, -0.1) is 0 Å². The Morgan fingerprint density at radius 3 is 2.54 bits per heavy atom. The zero-order valence-electron chi connectivity index (χ0n) is 15.4. The maximum absolute atomic E-state index is 12.2. The van der Waals surface area contributed by atoms with E-state index in [-0.39, 0.29) is 17.6 Å². The molecule has 0 heterocycles. The Morgan fingerprint density at radius 2 is 1.85 bits per heavy atom. The van der Waals surface area contributed by atoms with Crippen molar-refractivity contribution in [2.24, 2.45) is 5.16 Å². The number of hydrogen-bond donors (Lipinski definition) is 0. The van der Waals surface area contributed by atoms with Gasteiger partial charge in [-0.25, -0.2) is 12.7 Å². The summed E-state index contributed by atoms with van der Waals surface area (Å²) in [4.78, 5) is 5.54. The molecule has 0 saturated carbocycles. The first-order chi connectivity index (χ1) is 12.3. The van der Waals surface area contributed by atoms with Crippen LogP contribution in [0.25, 0.3) is 0 Å². The van der Waals surface area contributed by atoms with Crippen LogP contribution in [-0.4, -0.2) is 39.1 Å². The summed E-state index contributed by atoms with van der Waals surface area (Å²) in [6.07, 6.45) is 1.64. The van der Waals surface area contributed by atoms with Crippen LogP contribution in [0.3, 0.4) is 0 Å². The molecule has 0 aliphatic carbocycles. The number of para-hydroxylation sites is 1. The second kappa shape index (κ2) is 8.82. The highest BCUT2D eigenvalue weighted by atomic mass is 32.2. The van der Waals surface area contributed by atoms with E-state index in [2.05, 4.69) is 5.16 Å². The normalized spacial score (nSPS) is 12.1. The Labute approximate surface area is 155 Å². The molecule has 0 atom stereocenters. The first-order valence-corrected chi connectivity index (χ1v) is 9.67. The Morgan fingerprint density at radius 1 is 1.12 bits per heavy atom. The van der Waals surface area contributed by atoms with Crippen molar-refractivity contribution in [3.63, 3.8) is 0 Å². The third kappa shape index (κ3) is 5.31. The number of ether oxygens (including phenoxy) is 1. The van der Waals surface area contributed by atoms with E-state index in [1.54, 1.807) is 30.5 Å². The van der Waals surface area contributed by atoms with Crippen molar-refractivity contribution < 1.29 is 18.0 Å². The smallest absolute Gasteiger partial charge is 0.242 e. The lowest BCUT2D eigenvalue weighted by molar-refractivity contribution is 0.132. The van der Waals surface area contributed by atoms with Crippen LogP contribution in [0, 0.1) is 0 Å². The lowest BCUT2D eigenvalue weighted by Gasteiger charge is -2.12. The van der Waals surface area contributed by atoms with Crippen LogP contribution in [0.1, 0.15) is 25.0 Å². The highest BCUT2D eigenvalue weighted by molar-refractivity contribution is 7.89. The predicted octanol–water partition coefficient (Wildman–Crippen LogP) is 3.27. The Bertz CT molecular complexity index is 861. The largest absolute Gasteiger partial charge is 0.490 e. The van der Waals surface area contributed by atoms with Gasteiger partial charge in [0, 0.05) is 19.7 Å². The molecule has 0 aliphatic heterocycles. The van der Waals surface area contributed by atoms with E-state index in [0.717, 1.165) is 16.9 Å². The number of nitrogens with zero attached hydrogens (tertiary/aromatic N) is 2. The highest BCUT2D eigenvalue weighted by Crippen LogP contribution is 2.18. The summed E-state index contributed by atoms with van der Waals surface area (Å²) in [7, 11) is -0.468. The van der Waals surface area contributed by atoms with Gasteiger partial charge in [0.05, 0.1) is 17.2 Å². The molecule has 0 aromatic heterocycles. The fraction of sp³-hybridized carbons (Fsp3) is 0.316. The summed E-state index contributed by atoms with van der Waals surface area (Å²) >= 11 is 0. The molecule has 0 aliphatic rings. The van der Waals surface area contributed by atoms with Crippen molar-refractivity contribution >= 4 is 16.2 Å². The molecule has 2 rings (SSSR count). The average Bonchev–Trinajstić information content (AvgIpc) is 2.59. The van der Waals surface area contributed by atoms with E-state index < -0.39 is 10.0 Å². The van der Waals surface area contributed by atoms with Gasteiger partial charge in [-0.3, -0.25) is 0 Å². The number of oxime groups is 1. The maximum Gasteiger partial charge on any atom is 0.242 e. The summed E-state index contributed by atoms with van der Waals surface area (Å²) in [5.74, 6) is 0.730. The van der Waals surface area contributed by atoms with E-state index in [1.165, 1.54) is 18.4 Å². The molecular formula is C19H24N2O4S. The van der Waals surface area contributed by atoms with Gasteiger partial charge < -0.3 is 9.57 Å². The van der Waals surface area contributed by atoms with Crippen LogP contribution >= 0.6 is 0 Å². The quantitative estimate of drug-likeness (QED) is 0.524. The van der Waals surface area contributed by atoms with Crippen LogP contribution in [-0.2, 0) is 21.5 Å². The van der Waals surface area contributed by atoms with Gasteiger partial charge in [-0.05, 0) is 43.7 Å². The van der Waals surface area contributed by atoms with Crippen molar-refractivity contribution in [2.45, 2.75) is 31.5 Å². The third-order valence-corrected chi connectivity index (χ3v) is 5.27. The fourth-order valence-electron chi connectivity index (χ4n) is 2.16. The zero-order valence-corrected chi connectivity index (χ0v) is 16.2. The summed E-state index contributed by atoms with van der Waals surface area (Å²) in [5, 5.41) is 3.97. The van der Waals surface area contributed by atoms with Crippen molar-refractivity contribution in [2.75, 3.05) is 14.1 Å². The van der Waals surface area contributed by atoms with Crippen molar-refractivity contribution in [3.8, 4) is 5.75 Å². The molecule has 0 N–H and O–H groups in total. The highest BCUT2D eigenvalue weighted by Gasteiger charge is 2.17. The molecule has 0 bridgehead atoms. The minimum Gasteiger partial charge on any atom is -0.490 e. The molecule has 0 radical (unpaired) electrons. The minimum absolute atomic E-state index is 0.0619. The average molecular weight is 376 g/mol. The van der Waals surface area contributed by atoms with Gasteiger partial charge in [-0.2, -0.15) is 0 Å². The minimum atomic E-state index is -3.47. The summed E-state index contributed by atoms with van der Waals surface area (Å²) in [6, 6.07) is 14.2. The van der Waals surface area contributed by atoms with Crippen LogP contribution < -0.4 is 4.74 Å². The van der Waals surface area contributed by atoms with Crippen molar-refractivity contribution in [1.29, 1.82) is 0 Å². The van der Waals surface area contributed by atoms with E-state index in [1.807, 2.05) is 38.1 Å². The third-order valence-electron chi connectivity index (χ3n) is 3.46. The molecule has 7 heteroatoms. The molecule has 0 unspecified atom stereocenters. The molecule has 6 nitrogen and oxygen atoms in total. The van der Waals surface area contributed by atoms with E-state index in [9.17, 15) is 8.42 Å². The van der Waals surface area contributed by atoms with E-state index in [0.29, 0.717) is 0 Å². The van der Waals surface area contributed by atoms with E-state index in [4.69, 9.17) is 9.57 Å². The predicted molar refractivity (Wildman–Crippen MR) is 102 cm³/mol. The Hall–Kier alpha value is -2.38. The number of sulfonamides is 1. The van der Waals surface area contributed by atoms with E-state index >= 15 is 0 Å². The molecule has 0 saturated heterocycles. The first kappa shape index (κ1) is 19.9. The van der Waals surface area contributed by atoms with Crippen LogP contribution in [0.2, 0.25) is 0 Å². The van der Waals surface area contributed by atoms with Gasteiger partial charge >= 0.3 is 0 Å². The SMILES string of the molecule is CC(C)Oc1ccccc1C=NOCc1cccc(S(=O)(=O)N(C)C)c1. The molecular weight excluding hydrogens is 352 g/mol. The standard InChI is InChI=1S/C19H24N2O4S/c1-15(2)25-19-11-6-5-9-17(19)13-20-24-14-16-8-7-10-18(12-16)26(22,23)21(3)4/h5-13,15H,14H2,1-4H3. The van der Waals surface area contributed by atoms with Gasteiger partial charge in [0.1, 0.15) is 12.4 Å². The molecule has 2 aromatic rings. The molecule has 26 heavy (non-hydrogen) atoms. The number of hydrogen-bond acceptors (Lipinski definition) is 5. The van der Waals surface area contributed by atoms with Gasteiger partial charge in [0.25, 0.3) is 0 Å². The fourth-order valence-corrected chi connectivity index (χ4v) is 3.13. The van der Waals surface area contributed by atoms with Crippen LogP contribution in [0.15, 0.2) is 58.6 Å².